The van der Waals surface area contributed by atoms with Crippen LogP contribution in [0.1, 0.15) is 15.9 Å². The van der Waals surface area contributed by atoms with Crippen molar-refractivity contribution in [2.24, 2.45) is 0 Å². The molecule has 0 radical (unpaired) electrons. The molecule has 0 fully saturated rings. The molecule has 0 aliphatic carbocycles. The van der Waals surface area contributed by atoms with Crippen molar-refractivity contribution in [1.29, 1.82) is 0 Å². The van der Waals surface area contributed by atoms with Gasteiger partial charge in [0.2, 0.25) is 0 Å². The van der Waals surface area contributed by atoms with Crippen LogP contribution in [0.15, 0.2) is 60.7 Å². The van der Waals surface area contributed by atoms with E-state index in [4.69, 9.17) is 0 Å². The molecule has 0 bridgehead atoms. The summed E-state index contributed by atoms with van der Waals surface area (Å²) in [7, 11) is 0. The van der Waals surface area contributed by atoms with E-state index in [1.165, 1.54) is 0 Å². The monoisotopic (exact) mass is 222 g/mol. The summed E-state index contributed by atoms with van der Waals surface area (Å²) < 4.78 is 0. The molecule has 2 aromatic rings. The molecule has 3 heteroatoms. The van der Waals surface area contributed by atoms with Gasteiger partial charge in [0.05, 0.1) is 0 Å². The number of halogens is 2. The second kappa shape index (κ2) is 6.45. The highest BCUT2D eigenvalue weighted by Crippen LogP contribution is 2.08. The van der Waals surface area contributed by atoms with Crippen LogP contribution >= 0.6 is 0 Å². The van der Waals surface area contributed by atoms with Crippen LogP contribution < -0.4 is 0 Å². The van der Waals surface area contributed by atoms with Gasteiger partial charge in [-0.1, -0.05) is 60.7 Å². The number of hydrogen-bond donors (Lipinski definition) is 0. The van der Waals surface area contributed by atoms with Crippen molar-refractivity contribution in [2.75, 3.05) is 0 Å². The summed E-state index contributed by atoms with van der Waals surface area (Å²) in [6, 6.07) is 18.6. The molecule has 0 aliphatic heterocycles. The van der Waals surface area contributed by atoms with Gasteiger partial charge in [0.25, 0.3) is 0 Å². The van der Waals surface area contributed by atoms with Gasteiger partial charge in [0, 0.05) is 11.1 Å². The SMILES string of the molecule is F.F.O=C(c1ccccc1)c1ccccc1. The Hall–Kier alpha value is -2.03. The van der Waals surface area contributed by atoms with Gasteiger partial charge in [0.15, 0.2) is 5.78 Å². The lowest BCUT2D eigenvalue weighted by molar-refractivity contribution is 0.103. The third-order valence-corrected chi connectivity index (χ3v) is 2.07. The molecule has 0 aromatic heterocycles. The van der Waals surface area contributed by atoms with Crippen LogP contribution in [0.3, 0.4) is 0 Å². The molecule has 16 heavy (non-hydrogen) atoms. The standard InChI is InChI=1S/C13H10O.2FH/c14-13(11-7-3-1-4-8-11)12-9-5-2-6-10-12;;/h1-10H;2*1H. The topological polar surface area (TPSA) is 17.1 Å². The molecule has 0 atom stereocenters. The largest absolute Gasteiger partial charge is 0.289 e. The van der Waals surface area contributed by atoms with Gasteiger partial charge in [-0.05, 0) is 0 Å². The van der Waals surface area contributed by atoms with Crippen LogP contribution in [0.25, 0.3) is 0 Å². The number of rotatable bonds is 2. The number of ketones is 1. The molecule has 0 heterocycles. The van der Waals surface area contributed by atoms with E-state index < -0.39 is 0 Å². The average Bonchev–Trinajstić information content (AvgIpc) is 2.30. The highest BCUT2D eigenvalue weighted by Gasteiger charge is 2.06. The predicted octanol–water partition coefficient (Wildman–Crippen LogP) is 3.22. The molecule has 84 valence electrons. The molecule has 0 saturated heterocycles. The maximum absolute atomic E-state index is 11.8. The van der Waals surface area contributed by atoms with Crippen molar-refractivity contribution in [1.82, 2.24) is 0 Å². The molecule has 0 amide bonds. The van der Waals surface area contributed by atoms with Crippen molar-refractivity contribution in [2.45, 2.75) is 0 Å². The fourth-order valence-corrected chi connectivity index (χ4v) is 1.35. The van der Waals surface area contributed by atoms with E-state index in [1.807, 2.05) is 60.7 Å². The van der Waals surface area contributed by atoms with Gasteiger partial charge in [-0.2, -0.15) is 0 Å². The second-order valence-corrected chi connectivity index (χ2v) is 3.06. The first kappa shape index (κ1) is 14.0. The van der Waals surface area contributed by atoms with Gasteiger partial charge in [-0.3, -0.25) is 14.2 Å². The Morgan fingerprint density at radius 3 is 1.25 bits per heavy atom. The minimum absolute atomic E-state index is 0. The van der Waals surface area contributed by atoms with Crippen molar-refractivity contribution in [3.63, 3.8) is 0 Å². The van der Waals surface area contributed by atoms with E-state index >= 15 is 0 Å². The van der Waals surface area contributed by atoms with E-state index in [0.29, 0.717) is 0 Å². The highest BCUT2D eigenvalue weighted by atomic mass is 19.0. The molecule has 0 aliphatic rings. The minimum atomic E-state index is 0. The van der Waals surface area contributed by atoms with Crippen LogP contribution in [0.2, 0.25) is 0 Å². The van der Waals surface area contributed by atoms with Gasteiger partial charge in [-0.25, -0.2) is 0 Å². The number of benzene rings is 2. The first-order valence-corrected chi connectivity index (χ1v) is 4.53. The molecular weight excluding hydrogens is 210 g/mol. The Bertz CT molecular complexity index is 385. The van der Waals surface area contributed by atoms with Crippen molar-refractivity contribution >= 4 is 5.78 Å². The minimum Gasteiger partial charge on any atom is -0.289 e. The molecular formula is C13H12F2O. The lowest BCUT2D eigenvalue weighted by Gasteiger charge is -1.99. The Kier molecular flexibility index (Phi) is 5.63. The third kappa shape index (κ3) is 2.98. The predicted molar refractivity (Wildman–Crippen MR) is 61.3 cm³/mol. The van der Waals surface area contributed by atoms with E-state index in [9.17, 15) is 4.79 Å². The van der Waals surface area contributed by atoms with E-state index in [1.54, 1.807) is 0 Å². The number of hydrogen-bond acceptors (Lipinski definition) is 1. The average molecular weight is 222 g/mol. The summed E-state index contributed by atoms with van der Waals surface area (Å²) in [4.78, 5) is 11.8. The van der Waals surface area contributed by atoms with E-state index in [0.717, 1.165) is 11.1 Å². The summed E-state index contributed by atoms with van der Waals surface area (Å²) in [6.45, 7) is 0. The fourth-order valence-electron chi connectivity index (χ4n) is 1.35. The van der Waals surface area contributed by atoms with E-state index in [-0.39, 0.29) is 15.2 Å². The lowest BCUT2D eigenvalue weighted by atomic mass is 10.0. The lowest BCUT2D eigenvalue weighted by Crippen LogP contribution is -1.99. The zero-order chi connectivity index (χ0) is 9.80. The molecule has 2 rings (SSSR count). The Labute approximate surface area is 92.5 Å². The summed E-state index contributed by atoms with van der Waals surface area (Å²) in [5.41, 5.74) is 1.47. The molecule has 0 spiro atoms. The van der Waals surface area contributed by atoms with E-state index in [2.05, 4.69) is 0 Å². The van der Waals surface area contributed by atoms with Crippen molar-refractivity contribution < 1.29 is 14.2 Å². The van der Waals surface area contributed by atoms with Crippen LogP contribution in [0.4, 0.5) is 9.41 Å². The Morgan fingerprint density at radius 1 is 0.625 bits per heavy atom. The maximum Gasteiger partial charge on any atom is 0.193 e. The highest BCUT2D eigenvalue weighted by molar-refractivity contribution is 6.08. The van der Waals surface area contributed by atoms with Crippen molar-refractivity contribution in [3.8, 4) is 0 Å². The second-order valence-electron chi connectivity index (χ2n) is 3.06. The number of carbonyl (C=O) groups is 1. The summed E-state index contributed by atoms with van der Waals surface area (Å²) >= 11 is 0. The smallest absolute Gasteiger partial charge is 0.193 e. The third-order valence-electron chi connectivity index (χ3n) is 2.07. The van der Waals surface area contributed by atoms with Crippen LogP contribution in [-0.4, -0.2) is 5.78 Å². The zero-order valence-corrected chi connectivity index (χ0v) is 8.50. The summed E-state index contributed by atoms with van der Waals surface area (Å²) in [6.07, 6.45) is 0. The van der Waals surface area contributed by atoms with Crippen LogP contribution in [-0.2, 0) is 0 Å². The van der Waals surface area contributed by atoms with Gasteiger partial charge in [0.1, 0.15) is 0 Å². The first-order valence-electron chi connectivity index (χ1n) is 4.53. The van der Waals surface area contributed by atoms with Crippen molar-refractivity contribution in [3.05, 3.63) is 71.8 Å². The molecule has 0 saturated carbocycles. The molecule has 1 nitrogen and oxygen atoms in total. The normalized spacial score (nSPS) is 8.50. The summed E-state index contributed by atoms with van der Waals surface area (Å²) in [5.74, 6) is 0.0752. The summed E-state index contributed by atoms with van der Waals surface area (Å²) in [5, 5.41) is 0. The molecule has 2 aromatic carbocycles. The Morgan fingerprint density at radius 2 is 0.938 bits per heavy atom. The maximum atomic E-state index is 11.8. The molecule has 0 N–H and O–H groups in total. The quantitative estimate of drug-likeness (QED) is 0.713. The van der Waals surface area contributed by atoms with Gasteiger partial charge >= 0.3 is 0 Å². The van der Waals surface area contributed by atoms with Crippen LogP contribution in [0.5, 0.6) is 0 Å². The first-order chi connectivity index (χ1) is 6.88. The fraction of sp³-hybridized carbons (Fsp3) is 0. The Balaban J connectivity index is 0.00000112. The zero-order valence-electron chi connectivity index (χ0n) is 8.50. The van der Waals surface area contributed by atoms with Gasteiger partial charge in [-0.15, -0.1) is 0 Å². The van der Waals surface area contributed by atoms with Crippen LogP contribution in [0, 0.1) is 0 Å². The van der Waals surface area contributed by atoms with Gasteiger partial charge < -0.3 is 0 Å². The molecule has 0 unspecified atom stereocenters. The number of carbonyl (C=O) groups excluding carboxylic acids is 1.